The summed E-state index contributed by atoms with van der Waals surface area (Å²) in [6.07, 6.45) is 0.0121. The summed E-state index contributed by atoms with van der Waals surface area (Å²) >= 11 is 0. The quantitative estimate of drug-likeness (QED) is 0.897. The topological polar surface area (TPSA) is 56.8 Å². The van der Waals surface area contributed by atoms with Gasteiger partial charge in [0.15, 0.2) is 17.6 Å². The Morgan fingerprint density at radius 1 is 1.08 bits per heavy atom. The van der Waals surface area contributed by atoms with Gasteiger partial charge >= 0.3 is 0 Å². The van der Waals surface area contributed by atoms with E-state index in [1.54, 1.807) is 18.2 Å². The number of hydrogen-bond acceptors (Lipinski definition) is 4. The highest BCUT2D eigenvalue weighted by atomic mass is 16.6. The zero-order valence-corrected chi connectivity index (χ0v) is 14.8. The van der Waals surface area contributed by atoms with Crippen LogP contribution in [-0.4, -0.2) is 25.2 Å². The molecule has 0 spiro atoms. The zero-order chi connectivity index (χ0) is 17.8. The monoisotopic (exact) mass is 341 g/mol. The highest BCUT2D eigenvalue weighted by Crippen LogP contribution is 2.32. The summed E-state index contributed by atoms with van der Waals surface area (Å²) in [6.45, 7) is 7.00. The predicted molar refractivity (Wildman–Crippen MR) is 96.7 cm³/mol. The van der Waals surface area contributed by atoms with Gasteiger partial charge in [0, 0.05) is 11.8 Å². The van der Waals surface area contributed by atoms with Crippen molar-refractivity contribution in [3.8, 4) is 17.2 Å². The van der Waals surface area contributed by atoms with Gasteiger partial charge in [-0.15, -0.1) is 0 Å². The minimum Gasteiger partial charge on any atom is -0.486 e. The van der Waals surface area contributed by atoms with E-state index >= 15 is 0 Å². The van der Waals surface area contributed by atoms with Crippen molar-refractivity contribution in [3.63, 3.8) is 0 Å². The molecule has 132 valence electrons. The van der Waals surface area contributed by atoms with Crippen molar-refractivity contribution < 1.29 is 19.0 Å². The van der Waals surface area contributed by atoms with Crippen molar-refractivity contribution in [2.24, 2.45) is 0 Å². The summed E-state index contributed by atoms with van der Waals surface area (Å²) < 4.78 is 16.9. The molecule has 1 aliphatic heterocycles. The van der Waals surface area contributed by atoms with Gasteiger partial charge in [0.2, 0.25) is 0 Å². The fraction of sp³-hybridized carbons (Fsp3) is 0.350. The molecular weight excluding hydrogens is 318 g/mol. The summed E-state index contributed by atoms with van der Waals surface area (Å²) in [5, 5.41) is 2.89. The van der Waals surface area contributed by atoms with Gasteiger partial charge in [-0.3, -0.25) is 4.79 Å². The van der Waals surface area contributed by atoms with E-state index in [0.717, 1.165) is 11.1 Å². The van der Waals surface area contributed by atoms with E-state index in [1.165, 1.54) is 0 Å². The average molecular weight is 341 g/mol. The smallest absolute Gasteiger partial charge is 0.265 e. The molecule has 0 unspecified atom stereocenters. The fourth-order valence-corrected chi connectivity index (χ4v) is 2.83. The van der Waals surface area contributed by atoms with Gasteiger partial charge in [-0.05, 0) is 55.7 Å². The summed E-state index contributed by atoms with van der Waals surface area (Å²) in [7, 11) is 0. The van der Waals surface area contributed by atoms with E-state index in [-0.39, 0.29) is 5.91 Å². The lowest BCUT2D eigenvalue weighted by atomic mass is 10.1. The van der Waals surface area contributed by atoms with Gasteiger partial charge in [-0.2, -0.15) is 0 Å². The molecule has 0 aliphatic carbocycles. The first kappa shape index (κ1) is 17.1. The van der Waals surface area contributed by atoms with Crippen molar-refractivity contribution in [1.29, 1.82) is 0 Å². The third kappa shape index (κ3) is 4.24. The maximum absolute atomic E-state index is 12.6. The van der Waals surface area contributed by atoms with Crippen molar-refractivity contribution in [1.82, 2.24) is 0 Å². The molecule has 1 atom stereocenters. The lowest BCUT2D eigenvalue weighted by Gasteiger charge is -2.20. The minimum absolute atomic E-state index is 0.182. The number of nitrogens with one attached hydrogen (secondary N) is 1. The highest BCUT2D eigenvalue weighted by Gasteiger charge is 2.20. The third-order valence-corrected chi connectivity index (χ3v) is 3.95. The second kappa shape index (κ2) is 7.47. The van der Waals surface area contributed by atoms with Crippen LogP contribution >= 0.6 is 0 Å². The number of hydrogen-bond donors (Lipinski definition) is 1. The van der Waals surface area contributed by atoms with Gasteiger partial charge in [-0.1, -0.05) is 13.0 Å². The molecule has 3 rings (SSSR count). The van der Waals surface area contributed by atoms with Crippen LogP contribution in [0.2, 0.25) is 0 Å². The molecule has 1 aliphatic rings. The number of ether oxygens (including phenoxy) is 3. The van der Waals surface area contributed by atoms with Crippen LogP contribution in [0.5, 0.6) is 17.2 Å². The summed E-state index contributed by atoms with van der Waals surface area (Å²) in [4.78, 5) is 12.6. The van der Waals surface area contributed by atoms with Gasteiger partial charge in [-0.25, -0.2) is 0 Å². The normalized spacial score (nSPS) is 13.9. The van der Waals surface area contributed by atoms with E-state index in [9.17, 15) is 4.79 Å². The molecule has 0 saturated heterocycles. The van der Waals surface area contributed by atoms with Crippen LogP contribution in [0.3, 0.4) is 0 Å². The first-order valence-corrected chi connectivity index (χ1v) is 8.50. The molecule has 0 radical (unpaired) electrons. The fourth-order valence-electron chi connectivity index (χ4n) is 2.83. The second-order valence-corrected chi connectivity index (χ2v) is 6.19. The molecule has 0 bridgehead atoms. The van der Waals surface area contributed by atoms with Gasteiger partial charge in [0.1, 0.15) is 19.0 Å². The van der Waals surface area contributed by atoms with Crippen molar-refractivity contribution >= 4 is 11.6 Å². The number of amides is 1. The van der Waals surface area contributed by atoms with Gasteiger partial charge in [0.25, 0.3) is 5.91 Å². The standard InChI is InChI=1S/C20H23NO4/c1-4-17(25-16-10-13(2)9-14(3)11-16)20(22)21-15-5-6-18-19(12-15)24-8-7-23-18/h5-6,9-12,17H,4,7-8H2,1-3H3,(H,21,22)/t17-/m1/s1. The van der Waals surface area contributed by atoms with Crippen LogP contribution < -0.4 is 19.5 Å². The summed E-state index contributed by atoms with van der Waals surface area (Å²) in [5.41, 5.74) is 2.88. The van der Waals surface area contributed by atoms with Crippen molar-refractivity contribution in [2.75, 3.05) is 18.5 Å². The first-order valence-electron chi connectivity index (χ1n) is 8.50. The maximum atomic E-state index is 12.6. The molecule has 5 heteroatoms. The molecule has 1 amide bonds. The zero-order valence-electron chi connectivity index (χ0n) is 14.8. The van der Waals surface area contributed by atoms with Crippen molar-refractivity contribution in [2.45, 2.75) is 33.3 Å². The van der Waals surface area contributed by atoms with Crippen molar-refractivity contribution in [3.05, 3.63) is 47.5 Å². The number of aryl methyl sites for hydroxylation is 2. The highest BCUT2D eigenvalue weighted by molar-refractivity contribution is 5.94. The molecule has 0 aromatic heterocycles. The van der Waals surface area contributed by atoms with E-state index in [1.807, 2.05) is 32.9 Å². The average Bonchev–Trinajstić information content (AvgIpc) is 2.58. The van der Waals surface area contributed by atoms with Gasteiger partial charge < -0.3 is 19.5 Å². The first-order chi connectivity index (χ1) is 12.0. The Kier molecular flexibility index (Phi) is 5.12. The molecule has 2 aromatic rings. The van der Waals surface area contributed by atoms with Crippen LogP contribution in [0.15, 0.2) is 36.4 Å². The molecule has 0 saturated carbocycles. The maximum Gasteiger partial charge on any atom is 0.265 e. The minimum atomic E-state index is -0.561. The number of benzene rings is 2. The lowest BCUT2D eigenvalue weighted by molar-refractivity contribution is -0.122. The number of fused-ring (bicyclic) bond motifs is 1. The Labute approximate surface area is 147 Å². The summed E-state index contributed by atoms with van der Waals surface area (Å²) in [5.74, 6) is 1.87. The molecule has 1 N–H and O–H groups in total. The Morgan fingerprint density at radius 3 is 2.44 bits per heavy atom. The predicted octanol–water partition coefficient (Wildman–Crippen LogP) is 3.87. The van der Waals surface area contributed by atoms with E-state index in [0.29, 0.717) is 42.6 Å². The molecule has 25 heavy (non-hydrogen) atoms. The number of carbonyl (C=O) groups excluding carboxylic acids is 1. The van der Waals surface area contributed by atoms with Crippen LogP contribution in [0.1, 0.15) is 24.5 Å². The second-order valence-electron chi connectivity index (χ2n) is 6.19. The van der Waals surface area contributed by atoms with Crippen LogP contribution in [0.4, 0.5) is 5.69 Å². The summed E-state index contributed by atoms with van der Waals surface area (Å²) in [6, 6.07) is 11.3. The van der Waals surface area contributed by atoms with E-state index in [4.69, 9.17) is 14.2 Å². The molecule has 5 nitrogen and oxygen atoms in total. The lowest BCUT2D eigenvalue weighted by Crippen LogP contribution is -2.32. The largest absolute Gasteiger partial charge is 0.486 e. The van der Waals surface area contributed by atoms with E-state index in [2.05, 4.69) is 11.4 Å². The Balaban J connectivity index is 1.70. The van der Waals surface area contributed by atoms with E-state index < -0.39 is 6.10 Å². The SMILES string of the molecule is CC[C@@H](Oc1cc(C)cc(C)c1)C(=O)Nc1ccc2c(c1)OCCO2. The Morgan fingerprint density at radius 2 is 1.76 bits per heavy atom. The van der Waals surface area contributed by atoms with Gasteiger partial charge in [0.05, 0.1) is 0 Å². The Hall–Kier alpha value is -2.69. The number of rotatable bonds is 5. The number of carbonyl (C=O) groups is 1. The molecular formula is C20H23NO4. The molecule has 2 aromatic carbocycles. The third-order valence-electron chi connectivity index (χ3n) is 3.95. The number of anilines is 1. The molecule has 0 fully saturated rings. The Bertz CT molecular complexity index is 752. The van der Waals surface area contributed by atoms with Crippen LogP contribution in [-0.2, 0) is 4.79 Å². The molecule has 1 heterocycles. The van der Waals surface area contributed by atoms with Crippen LogP contribution in [0.25, 0.3) is 0 Å². The van der Waals surface area contributed by atoms with Crippen LogP contribution in [0, 0.1) is 13.8 Å².